The Bertz CT molecular complexity index is 539. The summed E-state index contributed by atoms with van der Waals surface area (Å²) in [7, 11) is 0. The molecule has 1 heterocycles. The van der Waals surface area contributed by atoms with Crippen molar-refractivity contribution < 1.29 is 14.5 Å². The molecule has 0 radical (unpaired) electrons. The summed E-state index contributed by atoms with van der Waals surface area (Å²) in [6.07, 6.45) is 3.82. The first kappa shape index (κ1) is 20.3. The number of halogens is 1. The zero-order valence-electron chi connectivity index (χ0n) is 13.5. The molecule has 0 bridgehead atoms. The van der Waals surface area contributed by atoms with Crippen molar-refractivity contribution >= 4 is 24.0 Å². The number of carbonyl (C=O) groups excluding carboxylic acids is 1. The third kappa shape index (κ3) is 6.07. The van der Waals surface area contributed by atoms with E-state index >= 15 is 0 Å². The van der Waals surface area contributed by atoms with Crippen LogP contribution in [-0.4, -0.2) is 36.1 Å². The number of carbonyl (C=O) groups is 1. The standard InChI is InChI=1S/C16H23N3O4.ClH/c17-11-14-8-9-15(23-14)16(20)18-10-2-1-3-12-4-6-13(7-5-12)19(21)22;/h4-7,14-15H,1-3,8-11,17H2,(H,18,20);1H/t14-,15+;/m1./s1. The molecule has 8 heteroatoms. The molecule has 2 atom stereocenters. The highest BCUT2D eigenvalue weighted by Crippen LogP contribution is 2.18. The number of hydrogen-bond acceptors (Lipinski definition) is 5. The predicted molar refractivity (Wildman–Crippen MR) is 93.2 cm³/mol. The topological polar surface area (TPSA) is 107 Å². The largest absolute Gasteiger partial charge is 0.364 e. The number of nitro groups is 1. The second-order valence-electron chi connectivity index (χ2n) is 5.73. The molecule has 0 aliphatic carbocycles. The van der Waals surface area contributed by atoms with Gasteiger partial charge in [0.05, 0.1) is 11.0 Å². The minimum atomic E-state index is -0.403. The van der Waals surface area contributed by atoms with E-state index in [4.69, 9.17) is 10.5 Å². The van der Waals surface area contributed by atoms with Crippen molar-refractivity contribution in [1.29, 1.82) is 0 Å². The number of benzene rings is 1. The molecule has 0 spiro atoms. The third-order valence-corrected chi connectivity index (χ3v) is 4.00. The summed E-state index contributed by atoms with van der Waals surface area (Å²) < 4.78 is 5.54. The minimum absolute atomic E-state index is 0. The van der Waals surface area contributed by atoms with Crippen LogP contribution >= 0.6 is 12.4 Å². The first-order chi connectivity index (χ1) is 11.1. The second kappa shape index (κ2) is 10.2. The smallest absolute Gasteiger partial charge is 0.269 e. The highest BCUT2D eigenvalue weighted by atomic mass is 35.5. The van der Waals surface area contributed by atoms with E-state index in [0.717, 1.165) is 37.7 Å². The lowest BCUT2D eigenvalue weighted by Gasteiger charge is -2.12. The maximum atomic E-state index is 11.9. The number of nitro benzene ring substituents is 1. The van der Waals surface area contributed by atoms with Gasteiger partial charge in [0.25, 0.3) is 5.69 Å². The molecular weight excluding hydrogens is 334 g/mol. The SMILES string of the molecule is Cl.NC[C@H]1CC[C@@H](C(=O)NCCCCc2ccc([N+](=O)[O-])cc2)O1. The highest BCUT2D eigenvalue weighted by molar-refractivity contribution is 5.85. The van der Waals surface area contributed by atoms with Crippen LogP contribution in [0.4, 0.5) is 5.69 Å². The van der Waals surface area contributed by atoms with E-state index in [2.05, 4.69) is 5.32 Å². The summed E-state index contributed by atoms with van der Waals surface area (Å²) in [5.41, 5.74) is 6.69. The van der Waals surface area contributed by atoms with Crippen molar-refractivity contribution in [2.75, 3.05) is 13.1 Å². The molecule has 3 N–H and O–H groups in total. The summed E-state index contributed by atoms with van der Waals surface area (Å²) >= 11 is 0. The first-order valence-electron chi connectivity index (χ1n) is 7.96. The molecule has 0 unspecified atom stereocenters. The molecule has 1 aromatic rings. The zero-order valence-corrected chi connectivity index (χ0v) is 14.3. The summed E-state index contributed by atoms with van der Waals surface area (Å²) in [4.78, 5) is 22.1. The molecular formula is C16H24ClN3O4. The van der Waals surface area contributed by atoms with Gasteiger partial charge in [-0.05, 0) is 37.7 Å². The van der Waals surface area contributed by atoms with Gasteiger partial charge in [0.15, 0.2) is 0 Å². The normalized spacial score (nSPS) is 19.5. The Morgan fingerprint density at radius 1 is 1.29 bits per heavy atom. The molecule has 1 saturated heterocycles. The van der Waals surface area contributed by atoms with Crippen LogP contribution in [0.2, 0.25) is 0 Å². The number of non-ortho nitro benzene ring substituents is 1. The average Bonchev–Trinajstić information content (AvgIpc) is 3.04. The average molecular weight is 358 g/mol. The number of ether oxygens (including phenoxy) is 1. The van der Waals surface area contributed by atoms with Crippen molar-refractivity contribution in [3.05, 3.63) is 39.9 Å². The van der Waals surface area contributed by atoms with E-state index in [1.807, 2.05) is 0 Å². The Morgan fingerprint density at radius 3 is 2.58 bits per heavy atom. The van der Waals surface area contributed by atoms with Gasteiger partial charge in [-0.2, -0.15) is 0 Å². The molecule has 7 nitrogen and oxygen atoms in total. The molecule has 1 fully saturated rings. The summed E-state index contributed by atoms with van der Waals surface area (Å²) in [5.74, 6) is -0.0590. The fourth-order valence-electron chi connectivity index (χ4n) is 2.64. The number of rotatable bonds is 8. The van der Waals surface area contributed by atoms with E-state index in [1.165, 1.54) is 12.1 Å². The molecule has 1 aliphatic rings. The summed E-state index contributed by atoms with van der Waals surface area (Å²) in [6.45, 7) is 1.07. The number of nitrogens with two attached hydrogens (primary N) is 1. The van der Waals surface area contributed by atoms with Crippen molar-refractivity contribution in [3.8, 4) is 0 Å². The Morgan fingerprint density at radius 2 is 2.00 bits per heavy atom. The van der Waals surface area contributed by atoms with E-state index in [9.17, 15) is 14.9 Å². The van der Waals surface area contributed by atoms with Gasteiger partial charge in [-0.15, -0.1) is 12.4 Å². The van der Waals surface area contributed by atoms with Gasteiger partial charge >= 0.3 is 0 Å². The van der Waals surface area contributed by atoms with Gasteiger partial charge in [-0.25, -0.2) is 0 Å². The molecule has 24 heavy (non-hydrogen) atoms. The first-order valence-corrected chi connectivity index (χ1v) is 7.96. The second-order valence-corrected chi connectivity index (χ2v) is 5.73. The number of hydrogen-bond donors (Lipinski definition) is 2. The van der Waals surface area contributed by atoms with Crippen LogP contribution in [0.1, 0.15) is 31.2 Å². The molecule has 1 amide bonds. The Balaban J connectivity index is 0.00000288. The lowest BCUT2D eigenvalue weighted by atomic mass is 10.1. The Labute approximate surface area is 147 Å². The number of unbranched alkanes of at least 4 members (excludes halogenated alkanes) is 1. The molecule has 1 aromatic carbocycles. The van der Waals surface area contributed by atoms with Crippen molar-refractivity contribution in [3.63, 3.8) is 0 Å². The Kier molecular flexibility index (Phi) is 8.67. The number of aryl methyl sites for hydroxylation is 1. The lowest BCUT2D eigenvalue weighted by molar-refractivity contribution is -0.384. The van der Waals surface area contributed by atoms with E-state index in [1.54, 1.807) is 12.1 Å². The van der Waals surface area contributed by atoms with Crippen molar-refractivity contribution in [2.24, 2.45) is 5.73 Å². The Hall–Kier alpha value is -1.70. The quantitative estimate of drug-likeness (QED) is 0.420. The fourth-order valence-corrected chi connectivity index (χ4v) is 2.64. The van der Waals surface area contributed by atoms with Crippen LogP contribution in [0.25, 0.3) is 0 Å². The molecule has 1 aliphatic heterocycles. The van der Waals surface area contributed by atoms with E-state index in [-0.39, 0.29) is 36.2 Å². The monoisotopic (exact) mass is 357 g/mol. The molecule has 0 aromatic heterocycles. The molecule has 2 rings (SSSR count). The van der Waals surface area contributed by atoms with E-state index < -0.39 is 4.92 Å². The van der Waals surface area contributed by atoms with Crippen LogP contribution in [0.15, 0.2) is 24.3 Å². The summed E-state index contributed by atoms with van der Waals surface area (Å²) in [6, 6.07) is 6.58. The highest BCUT2D eigenvalue weighted by Gasteiger charge is 2.29. The number of nitrogens with one attached hydrogen (secondary N) is 1. The molecule has 0 saturated carbocycles. The minimum Gasteiger partial charge on any atom is -0.364 e. The van der Waals surface area contributed by atoms with Gasteiger partial charge in [0, 0.05) is 25.2 Å². The van der Waals surface area contributed by atoms with Crippen LogP contribution in [-0.2, 0) is 16.0 Å². The number of amides is 1. The van der Waals surface area contributed by atoms with Crippen molar-refractivity contribution in [1.82, 2.24) is 5.32 Å². The number of nitrogens with zero attached hydrogens (tertiary/aromatic N) is 1. The van der Waals surface area contributed by atoms with E-state index in [0.29, 0.717) is 13.1 Å². The van der Waals surface area contributed by atoms with Crippen molar-refractivity contribution in [2.45, 2.75) is 44.3 Å². The van der Waals surface area contributed by atoms with Crippen LogP contribution in [0.5, 0.6) is 0 Å². The third-order valence-electron chi connectivity index (χ3n) is 4.00. The molecule has 134 valence electrons. The van der Waals surface area contributed by atoms with Gasteiger partial charge in [-0.1, -0.05) is 12.1 Å². The predicted octanol–water partition coefficient (Wildman–Crippen LogP) is 1.96. The lowest BCUT2D eigenvalue weighted by Crippen LogP contribution is -2.36. The maximum Gasteiger partial charge on any atom is 0.269 e. The van der Waals surface area contributed by atoms with Gasteiger partial charge < -0.3 is 15.8 Å². The van der Waals surface area contributed by atoms with Crippen LogP contribution < -0.4 is 11.1 Å². The van der Waals surface area contributed by atoms with Gasteiger partial charge in [-0.3, -0.25) is 14.9 Å². The fraction of sp³-hybridized carbons (Fsp3) is 0.562. The van der Waals surface area contributed by atoms with Crippen LogP contribution in [0.3, 0.4) is 0 Å². The summed E-state index contributed by atoms with van der Waals surface area (Å²) in [5, 5.41) is 13.5. The zero-order chi connectivity index (χ0) is 16.7. The maximum absolute atomic E-state index is 11.9. The van der Waals surface area contributed by atoms with Crippen LogP contribution in [0, 0.1) is 10.1 Å². The van der Waals surface area contributed by atoms with Gasteiger partial charge in [0.1, 0.15) is 6.10 Å². The van der Waals surface area contributed by atoms with Gasteiger partial charge in [0.2, 0.25) is 5.91 Å².